The quantitative estimate of drug-likeness (QED) is 0.881. The summed E-state index contributed by atoms with van der Waals surface area (Å²) >= 11 is 1.19. The first kappa shape index (κ1) is 13.4. The number of hydrogen-bond donors (Lipinski definition) is 1. The number of piperidine rings is 1. The lowest BCUT2D eigenvalue weighted by Crippen LogP contribution is -2.48. The van der Waals surface area contributed by atoms with E-state index in [1.807, 2.05) is 18.7 Å². The van der Waals surface area contributed by atoms with Gasteiger partial charge in [-0.25, -0.2) is 0 Å². The Morgan fingerprint density at radius 3 is 2.83 bits per heavy atom. The molecule has 1 saturated heterocycles. The molecule has 5 nitrogen and oxygen atoms in total. The third-order valence-electron chi connectivity index (χ3n) is 3.23. The maximum absolute atomic E-state index is 12.5. The zero-order valence-electron chi connectivity index (χ0n) is 11.1. The highest BCUT2D eigenvalue weighted by Crippen LogP contribution is 2.24. The fourth-order valence-electron chi connectivity index (χ4n) is 2.43. The molecule has 0 aromatic carbocycles. The molecule has 2 heterocycles. The van der Waals surface area contributed by atoms with Crippen LogP contribution in [0.4, 0.5) is 0 Å². The topological polar surface area (TPSA) is 72.1 Å². The summed E-state index contributed by atoms with van der Waals surface area (Å²) in [5.41, 5.74) is 6.79. The van der Waals surface area contributed by atoms with Crippen molar-refractivity contribution in [3.8, 4) is 0 Å². The smallest absolute Gasteiger partial charge is 0.267 e. The lowest BCUT2D eigenvalue weighted by molar-refractivity contribution is 0.0664. The van der Waals surface area contributed by atoms with E-state index < -0.39 is 0 Å². The number of nitrogens with zero attached hydrogens (tertiary/aromatic N) is 3. The number of rotatable bonds is 2. The van der Waals surface area contributed by atoms with Gasteiger partial charge in [-0.1, -0.05) is 25.3 Å². The first-order valence-corrected chi connectivity index (χ1v) is 7.13. The first-order valence-electron chi connectivity index (χ1n) is 6.36. The molecule has 2 rings (SSSR count). The summed E-state index contributed by atoms with van der Waals surface area (Å²) in [4.78, 5) is 15.0. The van der Waals surface area contributed by atoms with E-state index >= 15 is 0 Å². The van der Waals surface area contributed by atoms with E-state index in [0.29, 0.717) is 17.3 Å². The van der Waals surface area contributed by atoms with Gasteiger partial charge in [-0.2, -0.15) is 0 Å². The van der Waals surface area contributed by atoms with Crippen LogP contribution in [0.5, 0.6) is 0 Å². The number of likely N-dealkylation sites (tertiary alicyclic amines) is 1. The Bertz CT molecular complexity index is 421. The van der Waals surface area contributed by atoms with Crippen LogP contribution in [0.3, 0.4) is 0 Å². The van der Waals surface area contributed by atoms with E-state index in [0.717, 1.165) is 18.7 Å². The van der Waals surface area contributed by atoms with E-state index in [4.69, 9.17) is 5.73 Å². The van der Waals surface area contributed by atoms with Crippen molar-refractivity contribution in [2.75, 3.05) is 13.1 Å². The van der Waals surface area contributed by atoms with Crippen LogP contribution in [0.15, 0.2) is 0 Å². The van der Waals surface area contributed by atoms with E-state index in [1.54, 1.807) is 0 Å². The van der Waals surface area contributed by atoms with Crippen LogP contribution in [0.1, 0.15) is 48.5 Å². The summed E-state index contributed by atoms with van der Waals surface area (Å²) in [6, 6.07) is 0.0843. The summed E-state index contributed by atoms with van der Waals surface area (Å²) < 4.78 is 3.91. The summed E-state index contributed by atoms with van der Waals surface area (Å²) in [7, 11) is 0. The van der Waals surface area contributed by atoms with Crippen molar-refractivity contribution >= 4 is 17.4 Å². The van der Waals surface area contributed by atoms with Gasteiger partial charge < -0.3 is 10.6 Å². The highest BCUT2D eigenvalue weighted by molar-refractivity contribution is 7.08. The molecule has 2 atom stereocenters. The minimum Gasteiger partial charge on any atom is -0.336 e. The summed E-state index contributed by atoms with van der Waals surface area (Å²) in [5.74, 6) is 0.718. The van der Waals surface area contributed by atoms with Crippen molar-refractivity contribution in [3.05, 3.63) is 10.6 Å². The van der Waals surface area contributed by atoms with Gasteiger partial charge in [0.05, 0.1) is 5.69 Å². The van der Waals surface area contributed by atoms with Gasteiger partial charge in [0.1, 0.15) is 4.88 Å². The van der Waals surface area contributed by atoms with Gasteiger partial charge in [0.2, 0.25) is 0 Å². The largest absolute Gasteiger partial charge is 0.336 e. The fraction of sp³-hybridized carbons (Fsp3) is 0.750. The molecule has 100 valence electrons. The molecule has 1 aromatic heterocycles. The molecule has 1 amide bonds. The molecule has 1 fully saturated rings. The molecule has 0 radical (unpaired) electrons. The Morgan fingerprint density at radius 1 is 1.50 bits per heavy atom. The lowest BCUT2D eigenvalue weighted by Gasteiger charge is -2.34. The van der Waals surface area contributed by atoms with Gasteiger partial charge in [0.25, 0.3) is 5.91 Å². The second kappa shape index (κ2) is 5.32. The van der Waals surface area contributed by atoms with Gasteiger partial charge in [-0.05, 0) is 29.8 Å². The number of hydrogen-bond acceptors (Lipinski definition) is 5. The van der Waals surface area contributed by atoms with Crippen molar-refractivity contribution in [1.82, 2.24) is 14.5 Å². The number of amides is 1. The van der Waals surface area contributed by atoms with E-state index in [-0.39, 0.29) is 17.9 Å². The molecule has 0 aliphatic carbocycles. The molecule has 0 bridgehead atoms. The Hall–Kier alpha value is -1.01. The molecular formula is C12H20N4OS. The van der Waals surface area contributed by atoms with Gasteiger partial charge >= 0.3 is 0 Å². The number of carbonyl (C=O) groups excluding carboxylic acids is 1. The number of nitrogens with two attached hydrogens (primary N) is 1. The van der Waals surface area contributed by atoms with Crippen LogP contribution in [0, 0.1) is 5.92 Å². The van der Waals surface area contributed by atoms with Gasteiger partial charge in [0, 0.05) is 19.1 Å². The van der Waals surface area contributed by atoms with Crippen LogP contribution < -0.4 is 5.73 Å². The molecule has 2 N–H and O–H groups in total. The van der Waals surface area contributed by atoms with Crippen LogP contribution in [-0.4, -0.2) is 39.5 Å². The maximum Gasteiger partial charge on any atom is 0.267 e. The Labute approximate surface area is 112 Å². The van der Waals surface area contributed by atoms with Crippen molar-refractivity contribution in [2.45, 2.75) is 39.2 Å². The van der Waals surface area contributed by atoms with Gasteiger partial charge in [-0.15, -0.1) is 5.10 Å². The number of carbonyl (C=O) groups is 1. The SMILES string of the molecule is CC1CC(N)CN(C(=O)c2snnc2C(C)C)C1. The number of aromatic nitrogens is 2. The predicted molar refractivity (Wildman–Crippen MR) is 71.7 cm³/mol. The fourth-order valence-corrected chi connectivity index (χ4v) is 3.22. The van der Waals surface area contributed by atoms with E-state index in [9.17, 15) is 4.79 Å². The molecular weight excluding hydrogens is 248 g/mol. The molecule has 18 heavy (non-hydrogen) atoms. The predicted octanol–water partition coefficient (Wildman–Crippen LogP) is 1.47. The first-order chi connectivity index (χ1) is 8.49. The van der Waals surface area contributed by atoms with Crippen LogP contribution >= 0.6 is 11.5 Å². The van der Waals surface area contributed by atoms with Crippen molar-refractivity contribution in [2.24, 2.45) is 11.7 Å². The molecule has 0 saturated carbocycles. The molecule has 1 aromatic rings. The molecule has 1 aliphatic rings. The van der Waals surface area contributed by atoms with Crippen molar-refractivity contribution < 1.29 is 4.79 Å². The molecule has 6 heteroatoms. The van der Waals surface area contributed by atoms with Crippen LogP contribution in [0.2, 0.25) is 0 Å². The minimum atomic E-state index is 0.0377. The average Bonchev–Trinajstić information content (AvgIpc) is 2.75. The molecule has 0 spiro atoms. The summed E-state index contributed by atoms with van der Waals surface area (Å²) in [5, 5.41) is 4.06. The summed E-state index contributed by atoms with van der Waals surface area (Å²) in [6.45, 7) is 7.60. The van der Waals surface area contributed by atoms with Crippen molar-refractivity contribution in [1.29, 1.82) is 0 Å². The van der Waals surface area contributed by atoms with E-state index in [1.165, 1.54) is 11.5 Å². The van der Waals surface area contributed by atoms with Crippen molar-refractivity contribution in [3.63, 3.8) is 0 Å². The monoisotopic (exact) mass is 268 g/mol. The maximum atomic E-state index is 12.5. The van der Waals surface area contributed by atoms with Gasteiger partial charge in [-0.3, -0.25) is 4.79 Å². The normalized spacial score (nSPS) is 24.6. The van der Waals surface area contributed by atoms with Crippen LogP contribution in [0.25, 0.3) is 0 Å². The third kappa shape index (κ3) is 2.70. The lowest BCUT2D eigenvalue weighted by atomic mass is 9.96. The summed E-state index contributed by atoms with van der Waals surface area (Å²) in [6.07, 6.45) is 0.988. The highest BCUT2D eigenvalue weighted by Gasteiger charge is 2.29. The van der Waals surface area contributed by atoms with Gasteiger partial charge in [0.15, 0.2) is 0 Å². The second-order valence-electron chi connectivity index (χ2n) is 5.45. The van der Waals surface area contributed by atoms with Crippen LogP contribution in [-0.2, 0) is 0 Å². The standard InChI is InChI=1S/C12H20N4OS/c1-7(2)10-11(18-15-14-10)12(17)16-5-8(3)4-9(13)6-16/h7-9H,4-6,13H2,1-3H3. The Morgan fingerprint density at radius 2 is 2.22 bits per heavy atom. The second-order valence-corrected chi connectivity index (χ2v) is 6.21. The zero-order chi connectivity index (χ0) is 13.3. The Balaban J connectivity index is 2.18. The third-order valence-corrected chi connectivity index (χ3v) is 3.96. The zero-order valence-corrected chi connectivity index (χ0v) is 11.9. The minimum absolute atomic E-state index is 0.0377. The molecule has 1 aliphatic heterocycles. The highest BCUT2D eigenvalue weighted by atomic mass is 32.1. The molecule has 2 unspecified atom stereocenters. The Kier molecular flexibility index (Phi) is 3.97. The average molecular weight is 268 g/mol. The van der Waals surface area contributed by atoms with E-state index in [2.05, 4.69) is 16.5 Å².